The van der Waals surface area contributed by atoms with Gasteiger partial charge in [0.2, 0.25) is 0 Å². The van der Waals surface area contributed by atoms with Crippen LogP contribution in [0.1, 0.15) is 36.0 Å². The minimum atomic E-state index is -0.559. The van der Waals surface area contributed by atoms with E-state index in [4.69, 9.17) is 0 Å². The molecule has 1 aromatic carbocycles. The summed E-state index contributed by atoms with van der Waals surface area (Å²) in [7, 11) is 0. The monoisotopic (exact) mass is 289 g/mol. The Morgan fingerprint density at radius 1 is 1.29 bits per heavy atom. The minimum absolute atomic E-state index is 0.271. The number of likely N-dealkylation sites (tertiary alicyclic amines) is 1. The number of halogens is 1. The predicted molar refractivity (Wildman–Crippen MR) is 78.4 cm³/mol. The number of aliphatic hydroxyl groups is 1. The fourth-order valence-corrected chi connectivity index (χ4v) is 2.97. The largest absolute Gasteiger partial charge is 0.387 e. The molecule has 2 aromatic rings. The molecule has 0 aliphatic carbocycles. The van der Waals surface area contributed by atoms with Crippen LogP contribution in [0.5, 0.6) is 0 Å². The van der Waals surface area contributed by atoms with Gasteiger partial charge in [-0.15, -0.1) is 0 Å². The van der Waals surface area contributed by atoms with Crippen molar-refractivity contribution in [2.75, 3.05) is 19.6 Å². The first-order chi connectivity index (χ1) is 10.2. The Morgan fingerprint density at radius 3 is 2.62 bits per heavy atom. The van der Waals surface area contributed by atoms with Gasteiger partial charge in [0.05, 0.1) is 12.3 Å². The molecule has 2 N–H and O–H groups in total. The van der Waals surface area contributed by atoms with Crippen molar-refractivity contribution in [3.63, 3.8) is 0 Å². The Kier molecular flexibility index (Phi) is 4.31. The summed E-state index contributed by atoms with van der Waals surface area (Å²) < 4.78 is 12.9. The van der Waals surface area contributed by atoms with E-state index in [1.165, 1.54) is 17.7 Å². The second-order valence-corrected chi connectivity index (χ2v) is 5.67. The number of hydrogen-bond acceptors (Lipinski definition) is 3. The van der Waals surface area contributed by atoms with E-state index in [-0.39, 0.29) is 5.82 Å². The molecule has 0 spiro atoms. The summed E-state index contributed by atoms with van der Waals surface area (Å²) in [5.74, 6) is 0.287. The molecule has 1 aliphatic heterocycles. The first-order valence-corrected chi connectivity index (χ1v) is 7.37. The quantitative estimate of drug-likeness (QED) is 0.909. The summed E-state index contributed by atoms with van der Waals surface area (Å²) in [5.41, 5.74) is 2.04. The maximum Gasteiger partial charge on any atom is 0.123 e. The molecule has 0 radical (unpaired) electrons. The highest BCUT2D eigenvalue weighted by molar-refractivity contribution is 5.19. The first-order valence-electron chi connectivity index (χ1n) is 7.37. The highest BCUT2D eigenvalue weighted by Gasteiger charge is 2.23. The molecule has 0 unspecified atom stereocenters. The van der Waals surface area contributed by atoms with Gasteiger partial charge in [0.1, 0.15) is 5.82 Å². The zero-order valence-corrected chi connectivity index (χ0v) is 11.9. The van der Waals surface area contributed by atoms with Crippen molar-refractivity contribution in [1.82, 2.24) is 15.1 Å². The Labute approximate surface area is 123 Å². The number of rotatable bonds is 4. The average Bonchev–Trinajstić information content (AvgIpc) is 3.03. The lowest BCUT2D eigenvalue weighted by Gasteiger charge is -2.32. The van der Waals surface area contributed by atoms with E-state index in [0.29, 0.717) is 12.5 Å². The van der Waals surface area contributed by atoms with Crippen LogP contribution in [0.2, 0.25) is 0 Å². The second-order valence-electron chi connectivity index (χ2n) is 5.67. The molecule has 1 fully saturated rings. The number of H-pyrrole nitrogens is 1. The molecule has 4 nitrogen and oxygen atoms in total. The SMILES string of the molecule is O[C@@H](CN1CCC(c2cn[nH]c2)CC1)c1ccc(F)cc1. The first kappa shape index (κ1) is 14.2. The van der Waals surface area contributed by atoms with Crippen LogP contribution in [0.3, 0.4) is 0 Å². The summed E-state index contributed by atoms with van der Waals surface area (Å²) in [6, 6.07) is 6.09. The number of benzene rings is 1. The van der Waals surface area contributed by atoms with Gasteiger partial charge in [0.15, 0.2) is 0 Å². The maximum absolute atomic E-state index is 12.9. The van der Waals surface area contributed by atoms with Gasteiger partial charge in [-0.2, -0.15) is 5.10 Å². The molecule has 0 amide bonds. The van der Waals surface area contributed by atoms with Gasteiger partial charge in [0, 0.05) is 12.7 Å². The molecule has 5 heteroatoms. The lowest BCUT2D eigenvalue weighted by Crippen LogP contribution is -2.36. The van der Waals surface area contributed by atoms with Gasteiger partial charge >= 0.3 is 0 Å². The number of piperidine rings is 1. The molecule has 1 atom stereocenters. The molecular weight excluding hydrogens is 269 g/mol. The molecule has 21 heavy (non-hydrogen) atoms. The van der Waals surface area contributed by atoms with E-state index >= 15 is 0 Å². The third kappa shape index (κ3) is 3.49. The Morgan fingerprint density at radius 2 is 2.00 bits per heavy atom. The van der Waals surface area contributed by atoms with Crippen molar-refractivity contribution in [2.45, 2.75) is 24.9 Å². The molecule has 2 heterocycles. The lowest BCUT2D eigenvalue weighted by molar-refractivity contribution is 0.0972. The number of aliphatic hydroxyl groups excluding tert-OH is 1. The maximum atomic E-state index is 12.9. The molecule has 1 saturated heterocycles. The van der Waals surface area contributed by atoms with E-state index < -0.39 is 6.10 Å². The Balaban J connectivity index is 1.52. The van der Waals surface area contributed by atoms with Gasteiger partial charge < -0.3 is 10.0 Å². The zero-order valence-electron chi connectivity index (χ0n) is 11.9. The number of aromatic nitrogens is 2. The van der Waals surface area contributed by atoms with Crippen molar-refractivity contribution in [3.8, 4) is 0 Å². The van der Waals surface area contributed by atoms with Crippen LogP contribution in [0.15, 0.2) is 36.7 Å². The molecule has 112 valence electrons. The van der Waals surface area contributed by atoms with Crippen LogP contribution in [-0.2, 0) is 0 Å². The third-order valence-electron chi connectivity index (χ3n) is 4.26. The van der Waals surface area contributed by atoms with E-state index in [9.17, 15) is 9.50 Å². The molecule has 0 bridgehead atoms. The van der Waals surface area contributed by atoms with E-state index in [1.807, 2.05) is 12.4 Å². The van der Waals surface area contributed by atoms with Crippen LogP contribution >= 0.6 is 0 Å². The summed E-state index contributed by atoms with van der Waals surface area (Å²) in [4.78, 5) is 2.27. The van der Waals surface area contributed by atoms with Gasteiger partial charge in [0.25, 0.3) is 0 Å². The van der Waals surface area contributed by atoms with Gasteiger partial charge in [-0.1, -0.05) is 12.1 Å². The van der Waals surface area contributed by atoms with Crippen molar-refractivity contribution >= 4 is 0 Å². The topological polar surface area (TPSA) is 52.1 Å². The fourth-order valence-electron chi connectivity index (χ4n) is 2.97. The van der Waals surface area contributed by atoms with E-state index in [1.54, 1.807) is 12.1 Å². The van der Waals surface area contributed by atoms with Crippen LogP contribution < -0.4 is 0 Å². The molecule has 0 saturated carbocycles. The van der Waals surface area contributed by atoms with E-state index in [2.05, 4.69) is 15.1 Å². The highest BCUT2D eigenvalue weighted by Crippen LogP contribution is 2.28. The summed E-state index contributed by atoms with van der Waals surface area (Å²) in [6.45, 7) is 2.53. The van der Waals surface area contributed by atoms with Gasteiger partial charge in [-0.25, -0.2) is 4.39 Å². The van der Waals surface area contributed by atoms with Crippen LogP contribution in [-0.4, -0.2) is 39.8 Å². The smallest absolute Gasteiger partial charge is 0.123 e. The van der Waals surface area contributed by atoms with Crippen molar-refractivity contribution in [2.24, 2.45) is 0 Å². The molecular formula is C16H20FN3O. The third-order valence-corrected chi connectivity index (χ3v) is 4.26. The van der Waals surface area contributed by atoms with Crippen molar-refractivity contribution in [3.05, 3.63) is 53.6 Å². The van der Waals surface area contributed by atoms with Gasteiger partial charge in [-0.05, 0) is 55.1 Å². The van der Waals surface area contributed by atoms with Crippen LogP contribution in [0, 0.1) is 5.82 Å². The number of aromatic amines is 1. The zero-order chi connectivity index (χ0) is 14.7. The minimum Gasteiger partial charge on any atom is -0.387 e. The standard InChI is InChI=1S/C16H20FN3O/c17-15-3-1-13(2-4-15)16(21)11-20-7-5-12(6-8-20)14-9-18-19-10-14/h1-4,9-10,12,16,21H,5-8,11H2,(H,18,19)/t16-/m0/s1. The van der Waals surface area contributed by atoms with Crippen LogP contribution in [0.25, 0.3) is 0 Å². The average molecular weight is 289 g/mol. The Hall–Kier alpha value is -1.72. The molecule has 1 aromatic heterocycles. The summed E-state index contributed by atoms with van der Waals surface area (Å²) >= 11 is 0. The molecule has 3 rings (SSSR count). The Bertz CT molecular complexity index is 547. The number of β-amino-alcohol motifs (C(OH)–C–C–N with tert-alkyl or cyclic N) is 1. The van der Waals surface area contributed by atoms with Crippen molar-refractivity contribution < 1.29 is 9.50 Å². The lowest BCUT2D eigenvalue weighted by atomic mass is 9.91. The number of nitrogens with zero attached hydrogens (tertiary/aromatic N) is 2. The number of hydrogen-bond donors (Lipinski definition) is 2. The highest BCUT2D eigenvalue weighted by atomic mass is 19.1. The number of nitrogens with one attached hydrogen (secondary N) is 1. The summed E-state index contributed by atoms with van der Waals surface area (Å²) in [5, 5.41) is 17.1. The predicted octanol–water partition coefficient (Wildman–Crippen LogP) is 2.46. The van der Waals surface area contributed by atoms with Crippen LogP contribution in [0.4, 0.5) is 4.39 Å². The normalized spacial score (nSPS) is 18.8. The van der Waals surface area contributed by atoms with Gasteiger partial charge in [-0.3, -0.25) is 5.10 Å². The molecule has 1 aliphatic rings. The van der Waals surface area contributed by atoms with E-state index in [0.717, 1.165) is 31.5 Å². The fraction of sp³-hybridized carbons (Fsp3) is 0.438. The second kappa shape index (κ2) is 6.37. The summed E-state index contributed by atoms with van der Waals surface area (Å²) in [6.07, 6.45) is 5.46. The van der Waals surface area contributed by atoms with Crippen molar-refractivity contribution in [1.29, 1.82) is 0 Å².